The zero-order valence-corrected chi connectivity index (χ0v) is 15.9. The molecule has 0 N–H and O–H groups in total. The van der Waals surface area contributed by atoms with Gasteiger partial charge in [0.1, 0.15) is 11.5 Å². The highest BCUT2D eigenvalue weighted by molar-refractivity contribution is 9.10. The number of hydrogen-bond acceptors (Lipinski definition) is 3. The number of para-hydroxylation sites is 1. The Bertz CT molecular complexity index is 697. The minimum absolute atomic E-state index is 0.126. The summed E-state index contributed by atoms with van der Waals surface area (Å²) in [6.45, 7) is 6.20. The quantitative estimate of drug-likeness (QED) is 0.461. The largest absolute Gasteiger partial charge is 0.481 e. The van der Waals surface area contributed by atoms with Crippen LogP contribution in [0, 0.1) is 0 Å². The number of hydrogen-bond donors (Lipinski definition) is 0. The van der Waals surface area contributed by atoms with Gasteiger partial charge in [-0.3, -0.25) is 0 Å². The van der Waals surface area contributed by atoms with Crippen LogP contribution in [0.25, 0.3) is 0 Å². The molecule has 2 aromatic rings. The third-order valence-corrected chi connectivity index (χ3v) is 4.66. The third kappa shape index (κ3) is 4.84. The standard InChI is InChI=1S/C20H23BrO3/c1-4-14(3)16-8-6-7-9-18(16)24-20(22)13-23-19-11-10-15(5-2)12-17(19)21/h6-12,14H,4-5,13H2,1-3H3. The van der Waals surface area contributed by atoms with E-state index in [-0.39, 0.29) is 6.61 Å². The molecule has 1 unspecified atom stereocenters. The molecular formula is C20H23BrO3. The fourth-order valence-electron chi connectivity index (χ4n) is 2.37. The lowest BCUT2D eigenvalue weighted by molar-refractivity contribution is -0.136. The first kappa shape index (κ1) is 18.5. The van der Waals surface area contributed by atoms with Crippen molar-refractivity contribution in [2.75, 3.05) is 6.61 Å². The van der Waals surface area contributed by atoms with Crippen molar-refractivity contribution in [3.63, 3.8) is 0 Å². The number of rotatable bonds is 7. The fraction of sp³-hybridized carbons (Fsp3) is 0.350. The van der Waals surface area contributed by atoms with Gasteiger partial charge in [0.05, 0.1) is 4.47 Å². The van der Waals surface area contributed by atoms with Crippen LogP contribution in [-0.4, -0.2) is 12.6 Å². The summed E-state index contributed by atoms with van der Waals surface area (Å²) in [4.78, 5) is 12.1. The summed E-state index contributed by atoms with van der Waals surface area (Å²) < 4.78 is 11.9. The zero-order chi connectivity index (χ0) is 17.5. The minimum Gasteiger partial charge on any atom is -0.481 e. The van der Waals surface area contributed by atoms with Gasteiger partial charge in [-0.05, 0) is 64.0 Å². The highest BCUT2D eigenvalue weighted by atomic mass is 79.9. The monoisotopic (exact) mass is 390 g/mol. The van der Waals surface area contributed by atoms with Crippen molar-refractivity contribution in [3.05, 3.63) is 58.1 Å². The SMILES string of the molecule is CCc1ccc(OCC(=O)Oc2ccccc2C(C)CC)c(Br)c1. The van der Waals surface area contributed by atoms with Gasteiger partial charge in [-0.2, -0.15) is 0 Å². The molecule has 3 nitrogen and oxygen atoms in total. The number of aryl methyl sites for hydroxylation is 1. The van der Waals surface area contributed by atoms with Gasteiger partial charge in [0.2, 0.25) is 0 Å². The molecule has 2 rings (SSSR count). The second-order valence-electron chi connectivity index (χ2n) is 5.73. The smallest absolute Gasteiger partial charge is 0.349 e. The highest BCUT2D eigenvalue weighted by Gasteiger charge is 2.14. The van der Waals surface area contributed by atoms with Crippen molar-refractivity contribution in [1.29, 1.82) is 0 Å². The Labute approximate surface area is 152 Å². The lowest BCUT2D eigenvalue weighted by Gasteiger charge is -2.15. The van der Waals surface area contributed by atoms with Crippen LogP contribution in [0.3, 0.4) is 0 Å². The van der Waals surface area contributed by atoms with E-state index in [1.807, 2.05) is 42.5 Å². The topological polar surface area (TPSA) is 35.5 Å². The number of halogens is 1. The van der Waals surface area contributed by atoms with Crippen LogP contribution in [0.2, 0.25) is 0 Å². The van der Waals surface area contributed by atoms with Crippen LogP contribution in [0.15, 0.2) is 46.9 Å². The molecule has 0 aliphatic heterocycles. The van der Waals surface area contributed by atoms with E-state index in [1.165, 1.54) is 5.56 Å². The molecule has 0 saturated heterocycles. The predicted molar refractivity (Wildman–Crippen MR) is 99.8 cm³/mol. The van der Waals surface area contributed by atoms with Crippen molar-refractivity contribution >= 4 is 21.9 Å². The van der Waals surface area contributed by atoms with Gasteiger partial charge in [-0.15, -0.1) is 0 Å². The van der Waals surface area contributed by atoms with E-state index in [4.69, 9.17) is 9.47 Å². The molecule has 0 spiro atoms. The average molecular weight is 391 g/mol. The van der Waals surface area contributed by atoms with Crippen LogP contribution in [0.4, 0.5) is 0 Å². The van der Waals surface area contributed by atoms with Gasteiger partial charge >= 0.3 is 5.97 Å². The predicted octanol–water partition coefficient (Wildman–Crippen LogP) is 5.51. The van der Waals surface area contributed by atoms with E-state index in [2.05, 4.69) is 36.7 Å². The first-order valence-electron chi connectivity index (χ1n) is 8.26. The fourth-order valence-corrected chi connectivity index (χ4v) is 2.91. The number of carbonyl (C=O) groups is 1. The lowest BCUT2D eigenvalue weighted by atomic mass is 9.98. The van der Waals surface area contributed by atoms with E-state index in [1.54, 1.807) is 0 Å². The Balaban J connectivity index is 1.99. The maximum absolute atomic E-state index is 12.1. The van der Waals surface area contributed by atoms with Crippen molar-refractivity contribution in [2.24, 2.45) is 0 Å². The number of esters is 1. The van der Waals surface area contributed by atoms with E-state index < -0.39 is 5.97 Å². The summed E-state index contributed by atoms with van der Waals surface area (Å²) in [6.07, 6.45) is 1.94. The van der Waals surface area contributed by atoms with Crippen molar-refractivity contribution in [1.82, 2.24) is 0 Å². The van der Waals surface area contributed by atoms with Crippen LogP contribution >= 0.6 is 15.9 Å². The number of ether oxygens (including phenoxy) is 2. The van der Waals surface area contributed by atoms with Crippen LogP contribution in [-0.2, 0) is 11.2 Å². The number of benzene rings is 2. The molecule has 24 heavy (non-hydrogen) atoms. The van der Waals surface area contributed by atoms with Gasteiger partial charge in [0.15, 0.2) is 6.61 Å². The van der Waals surface area contributed by atoms with Gasteiger partial charge in [0, 0.05) is 0 Å². The summed E-state index contributed by atoms with van der Waals surface area (Å²) in [5, 5.41) is 0. The molecule has 0 heterocycles. The van der Waals surface area contributed by atoms with Gasteiger partial charge in [-0.1, -0.05) is 45.0 Å². The average Bonchev–Trinajstić information content (AvgIpc) is 2.60. The van der Waals surface area contributed by atoms with E-state index >= 15 is 0 Å². The molecule has 1 atom stereocenters. The Morgan fingerprint density at radius 3 is 2.54 bits per heavy atom. The van der Waals surface area contributed by atoms with Crippen LogP contribution in [0.1, 0.15) is 44.2 Å². The molecular weight excluding hydrogens is 368 g/mol. The normalized spacial score (nSPS) is 11.8. The summed E-state index contributed by atoms with van der Waals surface area (Å²) >= 11 is 3.47. The molecule has 4 heteroatoms. The molecule has 0 saturated carbocycles. The summed E-state index contributed by atoms with van der Waals surface area (Å²) in [7, 11) is 0. The molecule has 0 amide bonds. The minimum atomic E-state index is -0.405. The van der Waals surface area contributed by atoms with Crippen molar-refractivity contribution in [3.8, 4) is 11.5 Å². The second kappa shape index (κ2) is 8.88. The Morgan fingerprint density at radius 2 is 1.88 bits per heavy atom. The molecule has 128 valence electrons. The number of carbonyl (C=O) groups excluding carboxylic acids is 1. The zero-order valence-electron chi connectivity index (χ0n) is 14.3. The Kier molecular flexibility index (Phi) is 6.85. The highest BCUT2D eigenvalue weighted by Crippen LogP contribution is 2.29. The van der Waals surface area contributed by atoms with E-state index in [0.29, 0.717) is 17.4 Å². The molecule has 2 aromatic carbocycles. The van der Waals surface area contributed by atoms with Crippen molar-refractivity contribution < 1.29 is 14.3 Å². The summed E-state index contributed by atoms with van der Waals surface area (Å²) in [5.74, 6) is 1.18. The molecule has 0 aliphatic rings. The van der Waals surface area contributed by atoms with Crippen molar-refractivity contribution in [2.45, 2.75) is 39.5 Å². The van der Waals surface area contributed by atoms with Crippen LogP contribution in [0.5, 0.6) is 11.5 Å². The lowest BCUT2D eigenvalue weighted by Crippen LogP contribution is -2.18. The molecule has 0 aromatic heterocycles. The Morgan fingerprint density at radius 1 is 1.12 bits per heavy atom. The van der Waals surface area contributed by atoms with E-state index in [0.717, 1.165) is 22.9 Å². The second-order valence-corrected chi connectivity index (χ2v) is 6.58. The van der Waals surface area contributed by atoms with Gasteiger partial charge in [-0.25, -0.2) is 4.79 Å². The molecule has 0 radical (unpaired) electrons. The molecule has 0 fully saturated rings. The van der Waals surface area contributed by atoms with E-state index in [9.17, 15) is 4.79 Å². The first-order chi connectivity index (χ1) is 11.5. The summed E-state index contributed by atoms with van der Waals surface area (Å²) in [6, 6.07) is 13.5. The Hall–Kier alpha value is -1.81. The third-order valence-electron chi connectivity index (χ3n) is 4.04. The summed E-state index contributed by atoms with van der Waals surface area (Å²) in [5.41, 5.74) is 2.25. The maximum Gasteiger partial charge on any atom is 0.349 e. The van der Waals surface area contributed by atoms with Gasteiger partial charge < -0.3 is 9.47 Å². The molecule has 0 bridgehead atoms. The molecule has 0 aliphatic carbocycles. The van der Waals surface area contributed by atoms with Gasteiger partial charge in [0.25, 0.3) is 0 Å². The maximum atomic E-state index is 12.1. The first-order valence-corrected chi connectivity index (χ1v) is 9.05. The van der Waals surface area contributed by atoms with Crippen LogP contribution < -0.4 is 9.47 Å².